The molecular formula is C12H9BrClNO3S2. The van der Waals surface area contributed by atoms with Crippen molar-refractivity contribution in [1.82, 2.24) is 5.32 Å². The van der Waals surface area contributed by atoms with Gasteiger partial charge >= 0.3 is 0 Å². The molecule has 1 aromatic carbocycles. The van der Waals surface area contributed by atoms with Crippen molar-refractivity contribution in [2.75, 3.05) is 0 Å². The number of halogens is 2. The molecule has 0 atom stereocenters. The number of thiophene rings is 1. The van der Waals surface area contributed by atoms with Gasteiger partial charge in [0.15, 0.2) is 0 Å². The van der Waals surface area contributed by atoms with E-state index in [-0.39, 0.29) is 16.7 Å². The number of benzene rings is 1. The molecule has 0 aliphatic carbocycles. The summed E-state index contributed by atoms with van der Waals surface area (Å²) in [5, 5.41) is 2.72. The smallest absolute Gasteiger partial charge is 0.270 e. The fourth-order valence-electron chi connectivity index (χ4n) is 1.49. The fourth-order valence-corrected chi connectivity index (χ4v) is 4.02. The van der Waals surface area contributed by atoms with Crippen LogP contribution in [0.25, 0.3) is 0 Å². The Hall–Kier alpha value is -0.890. The second kappa shape index (κ2) is 6.26. The summed E-state index contributed by atoms with van der Waals surface area (Å²) >= 11 is 4.33. The normalized spacial score (nSPS) is 11.3. The van der Waals surface area contributed by atoms with Gasteiger partial charge in [0.25, 0.3) is 15.0 Å². The molecule has 20 heavy (non-hydrogen) atoms. The summed E-state index contributed by atoms with van der Waals surface area (Å²) in [6.07, 6.45) is 0. The van der Waals surface area contributed by atoms with Gasteiger partial charge in [-0.3, -0.25) is 4.79 Å². The zero-order valence-corrected chi connectivity index (χ0v) is 13.9. The third-order valence-corrected chi connectivity index (χ3v) is 6.29. The second-order valence-electron chi connectivity index (χ2n) is 3.82. The van der Waals surface area contributed by atoms with Gasteiger partial charge in [-0.2, -0.15) is 0 Å². The minimum absolute atomic E-state index is 0.0734. The number of carbonyl (C=O) groups excluding carboxylic acids is 1. The Balaban J connectivity index is 2.04. The standard InChI is InChI=1S/C12H9BrClNO3S2/c13-10-4-2-1-3-9(10)12(16)15-7-8-5-6-11(19-8)20(14,17)18/h1-6H,7H2,(H,15,16). The number of rotatable bonds is 4. The minimum Gasteiger partial charge on any atom is -0.347 e. The van der Waals surface area contributed by atoms with Crippen molar-refractivity contribution >= 4 is 52.9 Å². The van der Waals surface area contributed by atoms with Crippen molar-refractivity contribution in [3.05, 3.63) is 51.3 Å². The van der Waals surface area contributed by atoms with E-state index in [0.717, 1.165) is 11.3 Å². The van der Waals surface area contributed by atoms with Crippen LogP contribution in [0.5, 0.6) is 0 Å². The third kappa shape index (κ3) is 3.82. The van der Waals surface area contributed by atoms with Crippen LogP contribution in [0.15, 0.2) is 45.1 Å². The van der Waals surface area contributed by atoms with Gasteiger partial charge < -0.3 is 5.32 Å². The van der Waals surface area contributed by atoms with Crippen LogP contribution >= 0.6 is 37.9 Å². The molecular weight excluding hydrogens is 386 g/mol. The van der Waals surface area contributed by atoms with E-state index in [9.17, 15) is 13.2 Å². The molecule has 8 heteroatoms. The first kappa shape index (κ1) is 15.5. The van der Waals surface area contributed by atoms with Crippen molar-refractivity contribution < 1.29 is 13.2 Å². The Morgan fingerprint density at radius 3 is 2.55 bits per heavy atom. The molecule has 0 saturated heterocycles. The molecule has 0 aliphatic rings. The number of hydrogen-bond acceptors (Lipinski definition) is 4. The number of hydrogen-bond donors (Lipinski definition) is 1. The highest BCUT2D eigenvalue weighted by atomic mass is 79.9. The summed E-state index contributed by atoms with van der Waals surface area (Å²) in [5.41, 5.74) is 0.522. The number of amides is 1. The Labute approximate surface area is 133 Å². The zero-order chi connectivity index (χ0) is 14.8. The van der Waals surface area contributed by atoms with Gasteiger partial charge in [-0.15, -0.1) is 11.3 Å². The minimum atomic E-state index is -3.71. The molecule has 0 unspecified atom stereocenters. The molecule has 0 fully saturated rings. The molecule has 1 aromatic heterocycles. The van der Waals surface area contributed by atoms with E-state index in [2.05, 4.69) is 21.2 Å². The van der Waals surface area contributed by atoms with Crippen molar-refractivity contribution in [2.24, 2.45) is 0 Å². The van der Waals surface area contributed by atoms with Gasteiger partial charge in [0, 0.05) is 20.0 Å². The van der Waals surface area contributed by atoms with Gasteiger partial charge in [0.1, 0.15) is 4.21 Å². The van der Waals surface area contributed by atoms with E-state index >= 15 is 0 Å². The molecule has 0 radical (unpaired) electrons. The largest absolute Gasteiger partial charge is 0.347 e. The van der Waals surface area contributed by atoms with Gasteiger partial charge in [0.05, 0.1) is 12.1 Å². The lowest BCUT2D eigenvalue weighted by Gasteiger charge is -2.05. The van der Waals surface area contributed by atoms with E-state index in [1.807, 2.05) is 6.07 Å². The molecule has 1 heterocycles. The predicted molar refractivity (Wildman–Crippen MR) is 82.7 cm³/mol. The maximum Gasteiger partial charge on any atom is 0.270 e. The Kier molecular flexibility index (Phi) is 4.85. The van der Waals surface area contributed by atoms with Crippen LogP contribution in [-0.4, -0.2) is 14.3 Å². The van der Waals surface area contributed by atoms with E-state index < -0.39 is 9.05 Å². The van der Waals surface area contributed by atoms with E-state index in [1.54, 1.807) is 24.3 Å². The lowest BCUT2D eigenvalue weighted by atomic mass is 10.2. The zero-order valence-electron chi connectivity index (χ0n) is 9.97. The highest BCUT2D eigenvalue weighted by molar-refractivity contribution is 9.10. The Bertz CT molecular complexity index is 743. The van der Waals surface area contributed by atoms with Gasteiger partial charge in [-0.25, -0.2) is 8.42 Å². The quantitative estimate of drug-likeness (QED) is 0.809. The van der Waals surface area contributed by atoms with Crippen molar-refractivity contribution in [1.29, 1.82) is 0 Å². The molecule has 2 rings (SSSR count). The van der Waals surface area contributed by atoms with Crippen LogP contribution in [0.2, 0.25) is 0 Å². The Morgan fingerprint density at radius 2 is 1.95 bits per heavy atom. The SMILES string of the molecule is O=C(NCc1ccc(S(=O)(=O)Cl)s1)c1ccccc1Br. The van der Waals surface area contributed by atoms with Crippen molar-refractivity contribution in [3.8, 4) is 0 Å². The van der Waals surface area contributed by atoms with Gasteiger partial charge in [0.2, 0.25) is 0 Å². The third-order valence-electron chi connectivity index (χ3n) is 2.42. The Morgan fingerprint density at radius 1 is 1.25 bits per heavy atom. The molecule has 1 N–H and O–H groups in total. The van der Waals surface area contributed by atoms with Gasteiger partial charge in [-0.1, -0.05) is 12.1 Å². The molecule has 2 aromatic rings. The first-order chi connectivity index (χ1) is 9.38. The molecule has 4 nitrogen and oxygen atoms in total. The predicted octanol–water partition coefficient (Wildman–Crippen LogP) is 3.37. The van der Waals surface area contributed by atoms with Gasteiger partial charge in [-0.05, 0) is 40.2 Å². The van der Waals surface area contributed by atoms with Crippen molar-refractivity contribution in [3.63, 3.8) is 0 Å². The summed E-state index contributed by atoms with van der Waals surface area (Å²) in [6.45, 7) is 0.247. The van der Waals surface area contributed by atoms with E-state index in [4.69, 9.17) is 10.7 Å². The molecule has 0 aliphatic heterocycles. The fraction of sp³-hybridized carbons (Fsp3) is 0.0833. The topological polar surface area (TPSA) is 63.2 Å². The first-order valence-electron chi connectivity index (χ1n) is 5.44. The summed E-state index contributed by atoms with van der Waals surface area (Å²) in [5.74, 6) is -0.235. The van der Waals surface area contributed by atoms with Crippen LogP contribution in [-0.2, 0) is 15.6 Å². The lowest BCUT2D eigenvalue weighted by molar-refractivity contribution is 0.0950. The number of nitrogens with one attached hydrogen (secondary N) is 1. The molecule has 0 saturated carbocycles. The molecule has 0 spiro atoms. The molecule has 0 bridgehead atoms. The highest BCUT2D eigenvalue weighted by Crippen LogP contribution is 2.24. The van der Waals surface area contributed by atoms with Crippen LogP contribution in [0.4, 0.5) is 0 Å². The molecule has 106 valence electrons. The van der Waals surface area contributed by atoms with E-state index in [1.165, 1.54) is 6.07 Å². The highest BCUT2D eigenvalue weighted by Gasteiger charge is 2.14. The second-order valence-corrected chi connectivity index (χ2v) is 8.64. The maximum atomic E-state index is 12.0. The summed E-state index contributed by atoms with van der Waals surface area (Å²) < 4.78 is 23.0. The number of carbonyl (C=O) groups is 1. The van der Waals surface area contributed by atoms with Crippen molar-refractivity contribution in [2.45, 2.75) is 10.8 Å². The van der Waals surface area contributed by atoms with Crippen LogP contribution in [0, 0.1) is 0 Å². The van der Waals surface area contributed by atoms with Crippen LogP contribution in [0.3, 0.4) is 0 Å². The average Bonchev–Trinajstić information content (AvgIpc) is 2.85. The summed E-state index contributed by atoms with van der Waals surface area (Å²) in [6, 6.07) is 10.1. The van der Waals surface area contributed by atoms with Crippen LogP contribution < -0.4 is 5.32 Å². The average molecular weight is 395 g/mol. The van der Waals surface area contributed by atoms with Crippen LogP contribution in [0.1, 0.15) is 15.2 Å². The first-order valence-corrected chi connectivity index (χ1v) is 9.36. The lowest BCUT2D eigenvalue weighted by Crippen LogP contribution is -2.22. The molecule has 1 amide bonds. The summed E-state index contributed by atoms with van der Waals surface area (Å²) in [4.78, 5) is 12.7. The maximum absolute atomic E-state index is 12.0. The monoisotopic (exact) mass is 393 g/mol. The van der Waals surface area contributed by atoms with E-state index in [0.29, 0.717) is 14.9 Å². The summed E-state index contributed by atoms with van der Waals surface area (Å²) in [7, 11) is 1.53.